The second-order valence-corrected chi connectivity index (χ2v) is 7.65. The van der Waals surface area contributed by atoms with Gasteiger partial charge in [0.25, 0.3) is 11.8 Å². The third-order valence-electron chi connectivity index (χ3n) is 5.66. The number of nitrogens with zero attached hydrogens (tertiary/aromatic N) is 2. The molecule has 0 bridgehead atoms. The van der Waals surface area contributed by atoms with Gasteiger partial charge in [0.2, 0.25) is 5.91 Å². The summed E-state index contributed by atoms with van der Waals surface area (Å²) in [6.07, 6.45) is 1.84. The molecule has 2 aromatic rings. The summed E-state index contributed by atoms with van der Waals surface area (Å²) in [5, 5.41) is 3.01. The summed E-state index contributed by atoms with van der Waals surface area (Å²) >= 11 is 0. The lowest BCUT2D eigenvalue weighted by Crippen LogP contribution is -2.33. The molecule has 0 saturated carbocycles. The zero-order valence-electron chi connectivity index (χ0n) is 16.3. The van der Waals surface area contributed by atoms with E-state index in [4.69, 9.17) is 0 Å². The number of carbonyl (C=O) groups excluding carboxylic acids is 3. The van der Waals surface area contributed by atoms with Crippen molar-refractivity contribution in [3.63, 3.8) is 0 Å². The fourth-order valence-corrected chi connectivity index (χ4v) is 4.06. The molecular weight excluding hydrogens is 366 g/mol. The van der Waals surface area contributed by atoms with Gasteiger partial charge in [0.05, 0.1) is 11.1 Å². The number of imide groups is 1. The Kier molecular flexibility index (Phi) is 5.60. The van der Waals surface area contributed by atoms with Gasteiger partial charge in [-0.25, -0.2) is 0 Å². The molecular formula is C23H25N3O3. The molecule has 2 aliphatic heterocycles. The van der Waals surface area contributed by atoms with Crippen LogP contribution in [0.5, 0.6) is 0 Å². The van der Waals surface area contributed by atoms with E-state index >= 15 is 0 Å². The van der Waals surface area contributed by atoms with Crippen LogP contribution >= 0.6 is 0 Å². The second kappa shape index (κ2) is 8.47. The Balaban J connectivity index is 1.18. The van der Waals surface area contributed by atoms with Gasteiger partial charge in [-0.05, 0) is 43.0 Å². The third-order valence-corrected chi connectivity index (χ3v) is 5.66. The highest BCUT2D eigenvalue weighted by Gasteiger charge is 2.34. The first-order chi connectivity index (χ1) is 14.1. The Morgan fingerprint density at radius 3 is 2.31 bits per heavy atom. The predicted octanol–water partition coefficient (Wildman–Crippen LogP) is 2.71. The van der Waals surface area contributed by atoms with Gasteiger partial charge in [-0.1, -0.05) is 30.3 Å². The molecule has 4 rings (SSSR count). The van der Waals surface area contributed by atoms with Gasteiger partial charge in [-0.2, -0.15) is 0 Å². The van der Waals surface area contributed by atoms with Crippen molar-refractivity contribution in [1.82, 2.24) is 10.2 Å². The normalized spacial score (nSPS) is 18.3. The number of carbonyl (C=O) groups is 3. The summed E-state index contributed by atoms with van der Waals surface area (Å²) in [6.45, 7) is 2.88. The van der Waals surface area contributed by atoms with E-state index in [0.717, 1.165) is 19.5 Å². The van der Waals surface area contributed by atoms with Crippen LogP contribution in [0.25, 0.3) is 0 Å². The van der Waals surface area contributed by atoms with Gasteiger partial charge >= 0.3 is 0 Å². The number of nitrogens with one attached hydrogen (secondary N) is 1. The third kappa shape index (κ3) is 4.16. The molecule has 1 saturated heterocycles. The van der Waals surface area contributed by atoms with Crippen molar-refractivity contribution in [2.24, 2.45) is 5.92 Å². The number of hydrogen-bond acceptors (Lipinski definition) is 4. The minimum Gasteiger partial charge on any atom is -0.371 e. The van der Waals surface area contributed by atoms with Crippen LogP contribution in [0.3, 0.4) is 0 Å². The Bertz CT molecular complexity index is 878. The first kappa shape index (κ1) is 19.2. The molecule has 1 atom stereocenters. The van der Waals surface area contributed by atoms with Crippen LogP contribution in [0, 0.1) is 5.92 Å². The van der Waals surface area contributed by atoms with Crippen molar-refractivity contribution in [2.45, 2.75) is 19.3 Å². The maximum Gasteiger partial charge on any atom is 0.261 e. The summed E-state index contributed by atoms with van der Waals surface area (Å²) in [5.41, 5.74) is 2.12. The van der Waals surface area contributed by atoms with Crippen molar-refractivity contribution in [3.05, 3.63) is 65.7 Å². The molecule has 3 amide bonds. The van der Waals surface area contributed by atoms with Crippen molar-refractivity contribution < 1.29 is 14.4 Å². The van der Waals surface area contributed by atoms with Gasteiger partial charge in [0, 0.05) is 38.3 Å². The molecule has 2 aromatic carbocycles. The molecule has 6 nitrogen and oxygen atoms in total. The van der Waals surface area contributed by atoms with Crippen LogP contribution in [0.4, 0.5) is 5.69 Å². The molecule has 2 aliphatic rings. The Hall–Kier alpha value is -3.15. The van der Waals surface area contributed by atoms with Gasteiger partial charge in [0.15, 0.2) is 0 Å². The zero-order chi connectivity index (χ0) is 20.2. The van der Waals surface area contributed by atoms with E-state index in [2.05, 4.69) is 22.3 Å². The molecule has 0 spiro atoms. The number of amides is 3. The summed E-state index contributed by atoms with van der Waals surface area (Å²) in [6, 6.07) is 17.2. The first-order valence-corrected chi connectivity index (χ1v) is 10.2. The fraction of sp³-hybridized carbons (Fsp3) is 0.348. The predicted molar refractivity (Wildman–Crippen MR) is 111 cm³/mol. The summed E-state index contributed by atoms with van der Waals surface area (Å²) in [7, 11) is 0. The molecule has 2 heterocycles. The van der Waals surface area contributed by atoms with Crippen LogP contribution in [0.1, 0.15) is 40.0 Å². The van der Waals surface area contributed by atoms with E-state index in [-0.39, 0.29) is 24.3 Å². The lowest BCUT2D eigenvalue weighted by Gasteiger charge is -2.18. The SMILES string of the molecule is O=C(CCCN1C(=O)c2ccccc2C1=O)NCC1CCN(c2ccccc2)C1. The molecule has 1 fully saturated rings. The Morgan fingerprint density at radius 2 is 1.62 bits per heavy atom. The van der Waals surface area contributed by atoms with Crippen LogP contribution in [0.2, 0.25) is 0 Å². The monoisotopic (exact) mass is 391 g/mol. The number of para-hydroxylation sites is 1. The maximum absolute atomic E-state index is 12.3. The molecule has 150 valence electrons. The van der Waals surface area contributed by atoms with Gasteiger partial charge < -0.3 is 10.2 Å². The minimum absolute atomic E-state index is 0.0280. The summed E-state index contributed by atoms with van der Waals surface area (Å²) < 4.78 is 0. The molecule has 29 heavy (non-hydrogen) atoms. The number of fused-ring (bicyclic) bond motifs is 1. The fourth-order valence-electron chi connectivity index (χ4n) is 4.06. The van der Waals surface area contributed by atoms with Gasteiger partial charge in [-0.3, -0.25) is 19.3 Å². The largest absolute Gasteiger partial charge is 0.371 e. The minimum atomic E-state index is -0.266. The van der Waals surface area contributed by atoms with E-state index in [9.17, 15) is 14.4 Å². The first-order valence-electron chi connectivity index (χ1n) is 10.2. The van der Waals surface area contributed by atoms with E-state index in [0.29, 0.717) is 36.4 Å². The average molecular weight is 391 g/mol. The number of rotatable bonds is 7. The average Bonchev–Trinajstić information content (AvgIpc) is 3.32. The van der Waals surface area contributed by atoms with Crippen molar-refractivity contribution >= 4 is 23.4 Å². The Labute approximate surface area is 170 Å². The lowest BCUT2D eigenvalue weighted by molar-refractivity contribution is -0.121. The van der Waals surface area contributed by atoms with Crippen LogP contribution < -0.4 is 10.2 Å². The van der Waals surface area contributed by atoms with Crippen molar-refractivity contribution in [1.29, 1.82) is 0 Å². The van der Waals surface area contributed by atoms with Crippen molar-refractivity contribution in [3.8, 4) is 0 Å². The highest BCUT2D eigenvalue weighted by atomic mass is 16.2. The number of anilines is 1. The van der Waals surface area contributed by atoms with Crippen LogP contribution in [0.15, 0.2) is 54.6 Å². The van der Waals surface area contributed by atoms with Gasteiger partial charge in [0.1, 0.15) is 0 Å². The van der Waals surface area contributed by atoms with Crippen LogP contribution in [-0.4, -0.2) is 48.8 Å². The quantitative estimate of drug-likeness (QED) is 0.737. The van der Waals surface area contributed by atoms with Crippen molar-refractivity contribution in [2.75, 3.05) is 31.1 Å². The molecule has 0 aliphatic carbocycles. The van der Waals surface area contributed by atoms with E-state index in [1.165, 1.54) is 10.6 Å². The zero-order valence-corrected chi connectivity index (χ0v) is 16.3. The lowest BCUT2D eigenvalue weighted by atomic mass is 10.1. The molecule has 0 aromatic heterocycles. The van der Waals surface area contributed by atoms with Crippen LogP contribution in [-0.2, 0) is 4.79 Å². The topological polar surface area (TPSA) is 69.7 Å². The standard InChI is InChI=1S/C23H25N3O3/c27-21(24-15-17-12-14-25(16-17)18-7-2-1-3-8-18)11-6-13-26-22(28)19-9-4-5-10-20(19)23(26)29/h1-5,7-10,17H,6,11-16H2,(H,24,27). The number of hydrogen-bond donors (Lipinski definition) is 1. The molecule has 0 radical (unpaired) electrons. The van der Waals surface area contributed by atoms with Gasteiger partial charge in [-0.15, -0.1) is 0 Å². The molecule has 1 N–H and O–H groups in total. The Morgan fingerprint density at radius 1 is 0.966 bits per heavy atom. The van der Waals surface area contributed by atoms with E-state index in [1.54, 1.807) is 24.3 Å². The molecule has 1 unspecified atom stereocenters. The molecule has 6 heteroatoms. The highest BCUT2D eigenvalue weighted by Crippen LogP contribution is 2.24. The summed E-state index contributed by atoms with van der Waals surface area (Å²) in [5.74, 6) is -0.119. The second-order valence-electron chi connectivity index (χ2n) is 7.65. The summed E-state index contributed by atoms with van der Waals surface area (Å²) in [4.78, 5) is 40.4. The number of benzene rings is 2. The van der Waals surface area contributed by atoms with E-state index < -0.39 is 0 Å². The highest BCUT2D eigenvalue weighted by molar-refractivity contribution is 6.21. The smallest absolute Gasteiger partial charge is 0.261 e. The maximum atomic E-state index is 12.3. The van der Waals surface area contributed by atoms with E-state index in [1.807, 2.05) is 18.2 Å².